The molecule has 2 heteroatoms. The molecule has 1 aliphatic rings. The van der Waals surface area contributed by atoms with Crippen molar-refractivity contribution in [2.75, 3.05) is 26.2 Å². The molecule has 0 radical (unpaired) electrons. The Morgan fingerprint density at radius 2 is 1.95 bits per heavy atom. The van der Waals surface area contributed by atoms with Gasteiger partial charge in [-0.15, -0.1) is 0 Å². The van der Waals surface area contributed by atoms with Gasteiger partial charge >= 0.3 is 0 Å². The van der Waals surface area contributed by atoms with E-state index < -0.39 is 0 Å². The maximum absolute atomic E-state index is 3.62. The van der Waals surface area contributed by atoms with Crippen molar-refractivity contribution in [3.8, 4) is 0 Å². The smallest absolute Gasteiger partial charge is 0.0472 e. The molecule has 1 saturated heterocycles. The van der Waals surface area contributed by atoms with Crippen molar-refractivity contribution < 1.29 is 0 Å². The third kappa shape index (κ3) is 4.55. The zero-order valence-electron chi connectivity index (χ0n) is 14.2. The minimum atomic E-state index is 0.423. The Morgan fingerprint density at radius 1 is 1.24 bits per heavy atom. The first-order chi connectivity index (χ1) is 10.0. The fraction of sp³-hybridized carbons (Fsp3) is 0.684. The van der Waals surface area contributed by atoms with Crippen molar-refractivity contribution in [3.05, 3.63) is 35.9 Å². The summed E-state index contributed by atoms with van der Waals surface area (Å²) < 4.78 is 0. The van der Waals surface area contributed by atoms with E-state index in [0.717, 1.165) is 19.0 Å². The number of hydrogen-bond acceptors (Lipinski definition) is 2. The second kappa shape index (κ2) is 7.42. The van der Waals surface area contributed by atoms with Gasteiger partial charge in [-0.05, 0) is 42.8 Å². The normalized spacial score (nSPS) is 21.6. The first-order valence-electron chi connectivity index (χ1n) is 8.52. The third-order valence-electron chi connectivity index (χ3n) is 4.83. The Morgan fingerprint density at radius 3 is 2.52 bits per heavy atom. The lowest BCUT2D eigenvalue weighted by Gasteiger charge is -2.31. The van der Waals surface area contributed by atoms with E-state index in [1.807, 2.05) is 0 Å². The van der Waals surface area contributed by atoms with E-state index in [1.165, 1.54) is 31.5 Å². The van der Waals surface area contributed by atoms with Gasteiger partial charge < -0.3 is 5.32 Å². The van der Waals surface area contributed by atoms with E-state index in [9.17, 15) is 0 Å². The van der Waals surface area contributed by atoms with E-state index in [1.54, 1.807) is 0 Å². The first-order valence-corrected chi connectivity index (χ1v) is 8.52. The Bertz CT molecular complexity index is 407. The zero-order chi connectivity index (χ0) is 15.3. The van der Waals surface area contributed by atoms with Crippen molar-refractivity contribution in [2.45, 2.75) is 46.6 Å². The molecular weight excluding hydrogens is 256 g/mol. The number of benzene rings is 1. The summed E-state index contributed by atoms with van der Waals surface area (Å²) in [6.07, 6.45) is 2.53. The van der Waals surface area contributed by atoms with Crippen LogP contribution >= 0.6 is 0 Å². The van der Waals surface area contributed by atoms with E-state index >= 15 is 0 Å². The highest BCUT2D eigenvalue weighted by molar-refractivity contribution is 5.20. The van der Waals surface area contributed by atoms with E-state index in [-0.39, 0.29) is 0 Å². The van der Waals surface area contributed by atoms with Gasteiger partial charge in [-0.2, -0.15) is 0 Å². The van der Waals surface area contributed by atoms with Crippen LogP contribution in [0, 0.1) is 11.3 Å². The van der Waals surface area contributed by atoms with Crippen LogP contribution in [0.4, 0.5) is 0 Å². The van der Waals surface area contributed by atoms with Crippen molar-refractivity contribution in [3.63, 3.8) is 0 Å². The second-order valence-electron chi connectivity index (χ2n) is 7.48. The van der Waals surface area contributed by atoms with E-state index in [2.05, 4.69) is 68.2 Å². The lowest BCUT2D eigenvalue weighted by Crippen LogP contribution is -2.36. The molecule has 0 aromatic heterocycles. The van der Waals surface area contributed by atoms with Crippen LogP contribution in [0.1, 0.15) is 52.1 Å². The molecule has 2 atom stereocenters. The van der Waals surface area contributed by atoms with Crippen LogP contribution in [0.3, 0.4) is 0 Å². The maximum atomic E-state index is 3.62. The highest BCUT2D eigenvalue weighted by Gasteiger charge is 2.34. The molecule has 118 valence electrons. The lowest BCUT2D eigenvalue weighted by atomic mass is 9.80. The zero-order valence-corrected chi connectivity index (χ0v) is 14.2. The highest BCUT2D eigenvalue weighted by atomic mass is 15.2. The van der Waals surface area contributed by atoms with Crippen molar-refractivity contribution in [1.29, 1.82) is 0 Å². The monoisotopic (exact) mass is 288 g/mol. The number of nitrogens with zero attached hydrogens (tertiary/aromatic N) is 1. The molecule has 2 unspecified atom stereocenters. The second-order valence-corrected chi connectivity index (χ2v) is 7.48. The van der Waals surface area contributed by atoms with Gasteiger partial charge in [0.2, 0.25) is 0 Å². The summed E-state index contributed by atoms with van der Waals surface area (Å²) in [5.41, 5.74) is 1.88. The number of hydrogen-bond donors (Lipinski definition) is 1. The van der Waals surface area contributed by atoms with Crippen molar-refractivity contribution in [2.24, 2.45) is 11.3 Å². The maximum Gasteiger partial charge on any atom is 0.0472 e. The molecule has 1 aliphatic heterocycles. The molecule has 0 bridgehead atoms. The summed E-state index contributed by atoms with van der Waals surface area (Å²) in [5, 5.41) is 3.62. The minimum absolute atomic E-state index is 0.423. The fourth-order valence-electron chi connectivity index (χ4n) is 3.33. The molecule has 1 N–H and O–H groups in total. The summed E-state index contributed by atoms with van der Waals surface area (Å²) in [5.74, 6) is 0.815. The van der Waals surface area contributed by atoms with Crippen LogP contribution in [0.15, 0.2) is 30.3 Å². The summed E-state index contributed by atoms with van der Waals surface area (Å²) in [6.45, 7) is 14.0. The van der Waals surface area contributed by atoms with Crippen LogP contribution in [0.5, 0.6) is 0 Å². The standard InChI is InChI=1S/C19H32N2/c1-5-12-20-14-18(16-9-7-6-8-10-16)21-13-11-17(15-21)19(2,3)4/h6-10,17-18,20H,5,11-15H2,1-4H3. The molecule has 2 nitrogen and oxygen atoms in total. The first kappa shape index (κ1) is 16.5. The molecule has 1 aromatic rings. The Labute approximate surface area is 130 Å². The fourth-order valence-corrected chi connectivity index (χ4v) is 3.33. The van der Waals surface area contributed by atoms with Crippen LogP contribution in [0.25, 0.3) is 0 Å². The van der Waals surface area contributed by atoms with Crippen LogP contribution in [0.2, 0.25) is 0 Å². The Kier molecular flexibility index (Phi) is 5.83. The molecule has 1 aromatic carbocycles. The van der Waals surface area contributed by atoms with Crippen molar-refractivity contribution >= 4 is 0 Å². The third-order valence-corrected chi connectivity index (χ3v) is 4.83. The van der Waals surface area contributed by atoms with E-state index in [0.29, 0.717) is 11.5 Å². The largest absolute Gasteiger partial charge is 0.315 e. The van der Waals surface area contributed by atoms with Crippen LogP contribution in [-0.2, 0) is 0 Å². The highest BCUT2D eigenvalue weighted by Crippen LogP contribution is 2.36. The molecule has 1 heterocycles. The number of nitrogens with one attached hydrogen (secondary N) is 1. The predicted molar refractivity (Wildman–Crippen MR) is 91.5 cm³/mol. The van der Waals surface area contributed by atoms with Gasteiger partial charge in [-0.1, -0.05) is 58.0 Å². The summed E-state index contributed by atoms with van der Waals surface area (Å²) in [4.78, 5) is 2.69. The molecule has 0 aliphatic carbocycles. The molecule has 0 amide bonds. The van der Waals surface area contributed by atoms with Gasteiger partial charge in [-0.3, -0.25) is 4.90 Å². The number of rotatable bonds is 6. The minimum Gasteiger partial charge on any atom is -0.315 e. The van der Waals surface area contributed by atoms with Crippen LogP contribution in [-0.4, -0.2) is 31.1 Å². The Hall–Kier alpha value is -0.860. The Balaban J connectivity index is 2.06. The molecule has 0 saturated carbocycles. The molecule has 21 heavy (non-hydrogen) atoms. The number of likely N-dealkylation sites (tertiary alicyclic amines) is 1. The average Bonchev–Trinajstić information content (AvgIpc) is 2.94. The van der Waals surface area contributed by atoms with Crippen LogP contribution < -0.4 is 5.32 Å². The quantitative estimate of drug-likeness (QED) is 0.793. The summed E-state index contributed by atoms with van der Waals surface area (Å²) in [6, 6.07) is 11.5. The lowest BCUT2D eigenvalue weighted by molar-refractivity contribution is 0.192. The molecule has 0 spiro atoms. The predicted octanol–water partition coefficient (Wildman–Crippen LogP) is 4.10. The van der Waals surface area contributed by atoms with Gasteiger partial charge in [0, 0.05) is 19.1 Å². The van der Waals surface area contributed by atoms with Gasteiger partial charge in [0.1, 0.15) is 0 Å². The topological polar surface area (TPSA) is 15.3 Å². The van der Waals surface area contributed by atoms with Crippen molar-refractivity contribution in [1.82, 2.24) is 10.2 Å². The van der Waals surface area contributed by atoms with Gasteiger partial charge in [0.25, 0.3) is 0 Å². The molecular formula is C19H32N2. The summed E-state index contributed by atoms with van der Waals surface area (Å²) in [7, 11) is 0. The molecule has 1 fully saturated rings. The average molecular weight is 288 g/mol. The van der Waals surface area contributed by atoms with Gasteiger partial charge in [0.05, 0.1) is 0 Å². The van der Waals surface area contributed by atoms with Gasteiger partial charge in [0.15, 0.2) is 0 Å². The van der Waals surface area contributed by atoms with Gasteiger partial charge in [-0.25, -0.2) is 0 Å². The van der Waals surface area contributed by atoms with E-state index in [4.69, 9.17) is 0 Å². The summed E-state index contributed by atoms with van der Waals surface area (Å²) >= 11 is 0. The SMILES string of the molecule is CCCNCC(c1ccccc1)N1CCC(C(C)(C)C)C1. The molecule has 2 rings (SSSR count).